The lowest BCUT2D eigenvalue weighted by atomic mass is 9.96. The molecule has 0 unspecified atom stereocenters. The van der Waals surface area contributed by atoms with Crippen molar-refractivity contribution in [2.75, 3.05) is 0 Å². The molecule has 4 rings (SSSR count). The number of pyridine rings is 1. The van der Waals surface area contributed by atoms with E-state index in [2.05, 4.69) is 4.72 Å². The maximum Gasteiger partial charge on any atom is 0.417 e. The van der Waals surface area contributed by atoms with Gasteiger partial charge in [0.15, 0.2) is 0 Å². The molecule has 0 atom stereocenters. The number of alkyl halides is 3. The molecule has 6 nitrogen and oxygen atoms in total. The van der Waals surface area contributed by atoms with Crippen LogP contribution in [-0.2, 0) is 29.3 Å². The Morgan fingerprint density at radius 3 is 2.48 bits per heavy atom. The number of sulfonamides is 1. The highest BCUT2D eigenvalue weighted by atomic mass is 32.2. The van der Waals surface area contributed by atoms with Gasteiger partial charge in [-0.15, -0.1) is 0 Å². The number of halogens is 3. The van der Waals surface area contributed by atoms with Crippen LogP contribution in [0.3, 0.4) is 0 Å². The molecule has 0 aliphatic heterocycles. The van der Waals surface area contributed by atoms with E-state index in [1.807, 2.05) is 31.5 Å². The monoisotopic (exact) mass is 482 g/mol. The average molecular weight is 483 g/mol. The molecule has 1 fully saturated rings. The number of hydrogen-bond acceptors (Lipinski definition) is 3. The van der Waals surface area contributed by atoms with Gasteiger partial charge in [0.1, 0.15) is 0 Å². The highest BCUT2D eigenvalue weighted by Gasteiger charge is 2.36. The summed E-state index contributed by atoms with van der Waals surface area (Å²) in [6.45, 7) is 6.84. The topological polar surface area (TPSA) is 75.2 Å². The molecular weight excluding hydrogens is 455 g/mol. The smallest absolute Gasteiger partial charge is 0.347 e. The lowest BCUT2D eigenvalue weighted by molar-refractivity contribution is -0.904. The molecule has 33 heavy (non-hydrogen) atoms. The normalized spacial score (nSPS) is 15.3. The molecule has 10 heteroatoms. The van der Waals surface area contributed by atoms with E-state index in [4.69, 9.17) is 0 Å². The van der Waals surface area contributed by atoms with Gasteiger partial charge in [-0.25, -0.2) is 13.1 Å². The molecule has 1 aromatic carbocycles. The van der Waals surface area contributed by atoms with Gasteiger partial charge in [0.2, 0.25) is 22.4 Å². The minimum atomic E-state index is -4.59. The van der Waals surface area contributed by atoms with E-state index in [0.29, 0.717) is 35.2 Å². The third-order valence-corrected chi connectivity index (χ3v) is 7.49. The van der Waals surface area contributed by atoms with Crippen molar-refractivity contribution in [2.24, 2.45) is 5.41 Å². The number of fused-ring (bicyclic) bond motifs is 1. The van der Waals surface area contributed by atoms with Crippen LogP contribution in [0.5, 0.6) is 0 Å². The first kappa shape index (κ1) is 23.6. The van der Waals surface area contributed by atoms with Crippen molar-refractivity contribution in [2.45, 2.75) is 58.1 Å². The summed E-state index contributed by atoms with van der Waals surface area (Å²) in [5, 5.41) is 10.2. The average Bonchev–Trinajstić information content (AvgIpc) is 3.50. The van der Waals surface area contributed by atoms with E-state index in [9.17, 15) is 26.8 Å². The molecule has 1 saturated carbocycles. The van der Waals surface area contributed by atoms with Crippen molar-refractivity contribution in [1.82, 2.24) is 9.29 Å². The summed E-state index contributed by atoms with van der Waals surface area (Å²) in [4.78, 5) is 0. The Morgan fingerprint density at radius 1 is 1.18 bits per heavy atom. The van der Waals surface area contributed by atoms with Gasteiger partial charge < -0.3 is 4.57 Å². The van der Waals surface area contributed by atoms with Crippen molar-refractivity contribution in [3.63, 3.8) is 0 Å². The van der Waals surface area contributed by atoms with Crippen molar-refractivity contribution >= 4 is 20.9 Å². The Kier molecular flexibility index (Phi) is 5.73. The van der Waals surface area contributed by atoms with Crippen molar-refractivity contribution in [3.05, 3.63) is 54.0 Å². The third kappa shape index (κ3) is 5.16. The van der Waals surface area contributed by atoms with Crippen LogP contribution in [0.25, 0.3) is 22.0 Å². The van der Waals surface area contributed by atoms with E-state index in [-0.39, 0.29) is 22.8 Å². The summed E-state index contributed by atoms with van der Waals surface area (Å²) in [5.74, 6) is 0. The summed E-state index contributed by atoms with van der Waals surface area (Å²) in [6.07, 6.45) is 0.569. The Morgan fingerprint density at radius 2 is 1.88 bits per heavy atom. The zero-order valence-electron chi connectivity index (χ0n) is 18.6. The zero-order valence-corrected chi connectivity index (χ0v) is 19.5. The number of aromatic nitrogens is 2. The molecule has 0 spiro atoms. The third-order valence-electron chi connectivity index (χ3n) is 5.60. The molecule has 1 aliphatic rings. The first-order chi connectivity index (χ1) is 15.2. The maximum atomic E-state index is 13.6. The zero-order chi connectivity index (χ0) is 24.2. The number of hydrogen-bond donors (Lipinski definition) is 2. The van der Waals surface area contributed by atoms with Crippen LogP contribution in [0.2, 0.25) is 0 Å². The maximum absolute atomic E-state index is 13.6. The van der Waals surface area contributed by atoms with Gasteiger partial charge in [-0.1, -0.05) is 32.9 Å². The van der Waals surface area contributed by atoms with Crippen LogP contribution in [0.4, 0.5) is 13.2 Å². The van der Waals surface area contributed by atoms with Gasteiger partial charge in [-0.3, -0.25) is 5.21 Å². The van der Waals surface area contributed by atoms with Gasteiger partial charge in [-0.05, 0) is 35.4 Å². The van der Waals surface area contributed by atoms with Gasteiger partial charge >= 0.3 is 6.18 Å². The Balaban J connectivity index is 1.81. The van der Waals surface area contributed by atoms with Crippen LogP contribution in [0.1, 0.15) is 44.7 Å². The first-order valence-electron chi connectivity index (χ1n) is 10.7. The first-order valence-corrected chi connectivity index (χ1v) is 12.2. The quantitative estimate of drug-likeness (QED) is 0.402. The second-order valence-electron chi connectivity index (χ2n) is 9.79. The predicted molar refractivity (Wildman–Crippen MR) is 118 cm³/mol. The largest absolute Gasteiger partial charge is 0.417 e. The summed E-state index contributed by atoms with van der Waals surface area (Å²) in [7, 11) is -3.37. The van der Waals surface area contributed by atoms with E-state index in [1.165, 1.54) is 0 Å². The number of nitrogens with one attached hydrogen (secondary N) is 1. The molecular formula is C23H27F3N3O3S+. The van der Waals surface area contributed by atoms with Crippen molar-refractivity contribution < 1.29 is 31.5 Å². The van der Waals surface area contributed by atoms with Gasteiger partial charge in [0.25, 0.3) is 0 Å². The molecule has 0 amide bonds. The van der Waals surface area contributed by atoms with E-state index < -0.39 is 21.8 Å². The van der Waals surface area contributed by atoms with Crippen LogP contribution in [0, 0.1) is 5.41 Å². The van der Waals surface area contributed by atoms with E-state index >= 15 is 0 Å². The molecule has 0 saturated heterocycles. The van der Waals surface area contributed by atoms with Gasteiger partial charge in [0.05, 0.1) is 16.4 Å². The lowest BCUT2D eigenvalue weighted by Gasteiger charge is -2.20. The summed E-state index contributed by atoms with van der Waals surface area (Å²) in [5.41, 5.74) is 0.643. The van der Waals surface area contributed by atoms with Crippen molar-refractivity contribution in [1.29, 1.82) is 0 Å². The van der Waals surface area contributed by atoms with E-state index in [0.717, 1.165) is 29.4 Å². The SMILES string of the molecule is CC(C)(C)Cn1cc(CNS(=O)(=O)C2CC2)c2ccc(-c3c[n+](O)ccc3C(F)(F)F)cc21. The molecule has 0 bridgehead atoms. The lowest BCUT2D eigenvalue weighted by Crippen LogP contribution is -2.30. The van der Waals surface area contributed by atoms with E-state index in [1.54, 1.807) is 18.2 Å². The fraction of sp³-hybridized carbons (Fsp3) is 0.435. The molecule has 2 heterocycles. The Bertz CT molecular complexity index is 1300. The standard InChI is InChI=1S/C23H27F3N3O3S/c1-22(2,3)14-28-12-16(11-27-33(31,32)17-5-6-17)18-7-4-15(10-21(18)28)19-13-29(30)9-8-20(19)23(24,25)26/h4,7-10,12-13,17,27,30H,5-6,11,14H2,1-3H3/q+1. The van der Waals surface area contributed by atoms with Crippen LogP contribution < -0.4 is 9.45 Å². The van der Waals surface area contributed by atoms with Gasteiger partial charge in [0, 0.05) is 41.0 Å². The van der Waals surface area contributed by atoms with Crippen LogP contribution >= 0.6 is 0 Å². The second kappa shape index (κ2) is 8.02. The minimum Gasteiger partial charge on any atom is -0.347 e. The highest BCUT2D eigenvalue weighted by molar-refractivity contribution is 7.90. The summed E-state index contributed by atoms with van der Waals surface area (Å²) < 4.78 is 70.6. The van der Waals surface area contributed by atoms with Crippen LogP contribution in [-0.4, -0.2) is 23.4 Å². The van der Waals surface area contributed by atoms with Crippen molar-refractivity contribution in [3.8, 4) is 11.1 Å². The summed E-state index contributed by atoms with van der Waals surface area (Å²) in [6, 6.07) is 5.77. The minimum absolute atomic E-state index is 0.113. The molecule has 1 aliphatic carbocycles. The molecule has 3 aromatic rings. The second-order valence-corrected chi connectivity index (χ2v) is 11.8. The molecule has 2 N–H and O–H groups in total. The fourth-order valence-electron chi connectivity index (χ4n) is 3.96. The highest BCUT2D eigenvalue weighted by Crippen LogP contribution is 2.38. The Labute approximate surface area is 190 Å². The number of rotatable bonds is 6. The fourth-order valence-corrected chi connectivity index (χ4v) is 5.30. The van der Waals surface area contributed by atoms with Gasteiger partial charge in [-0.2, -0.15) is 13.2 Å². The molecule has 0 radical (unpaired) electrons. The molecule has 2 aromatic heterocycles. The Hall–Kier alpha value is -2.59. The summed E-state index contributed by atoms with van der Waals surface area (Å²) >= 11 is 0. The van der Waals surface area contributed by atoms with Crippen LogP contribution in [0.15, 0.2) is 42.9 Å². The predicted octanol–water partition coefficient (Wildman–Crippen LogP) is 4.48. The number of nitrogens with zero attached hydrogens (tertiary/aromatic N) is 2. The number of benzene rings is 1. The molecule has 178 valence electrons.